The first-order valence-corrected chi connectivity index (χ1v) is 6.57. The minimum absolute atomic E-state index is 0.0604. The number of aliphatic hydroxyl groups excluding tert-OH is 1. The van der Waals surface area contributed by atoms with Gasteiger partial charge in [0.05, 0.1) is 19.3 Å². The second kappa shape index (κ2) is 6.80. The second-order valence-corrected chi connectivity index (χ2v) is 4.89. The van der Waals surface area contributed by atoms with E-state index in [1.165, 1.54) is 12.1 Å². The molecule has 2 atom stereocenters. The Morgan fingerprint density at radius 1 is 1.42 bits per heavy atom. The van der Waals surface area contributed by atoms with Crippen molar-refractivity contribution in [3.05, 3.63) is 41.7 Å². The van der Waals surface area contributed by atoms with E-state index in [1.54, 1.807) is 12.1 Å². The molecular weight excluding hydrogens is 245 g/mol. The van der Waals surface area contributed by atoms with Crippen LogP contribution in [0, 0.1) is 5.82 Å². The number of benzene rings is 1. The fourth-order valence-electron chi connectivity index (χ4n) is 2.14. The van der Waals surface area contributed by atoms with Crippen LogP contribution in [0.5, 0.6) is 0 Å². The zero-order valence-electron chi connectivity index (χ0n) is 11.1. The summed E-state index contributed by atoms with van der Waals surface area (Å²) in [6.45, 7) is 4.36. The topological polar surface area (TPSA) is 32.7 Å². The molecule has 0 aliphatic carbocycles. The number of aliphatic hydroxyl groups is 1. The molecule has 104 valence electrons. The monoisotopic (exact) mass is 265 g/mol. The summed E-state index contributed by atoms with van der Waals surface area (Å²) in [5.74, 6) is -0.218. The van der Waals surface area contributed by atoms with Gasteiger partial charge in [0.1, 0.15) is 5.82 Å². The van der Waals surface area contributed by atoms with Gasteiger partial charge in [0.25, 0.3) is 0 Å². The van der Waals surface area contributed by atoms with Crippen LogP contribution in [0.25, 0.3) is 6.08 Å². The summed E-state index contributed by atoms with van der Waals surface area (Å²) < 4.78 is 18.3. The van der Waals surface area contributed by atoms with Crippen LogP contribution in [0.3, 0.4) is 0 Å². The van der Waals surface area contributed by atoms with Crippen LogP contribution in [0.4, 0.5) is 4.39 Å². The molecule has 1 aliphatic rings. The van der Waals surface area contributed by atoms with Crippen LogP contribution in [-0.2, 0) is 4.74 Å². The Bertz CT molecular complexity index is 419. The van der Waals surface area contributed by atoms with Gasteiger partial charge in [-0.3, -0.25) is 4.90 Å². The van der Waals surface area contributed by atoms with E-state index in [2.05, 4.69) is 17.9 Å². The zero-order valence-corrected chi connectivity index (χ0v) is 11.1. The van der Waals surface area contributed by atoms with Crippen LogP contribution >= 0.6 is 0 Å². The van der Waals surface area contributed by atoms with Gasteiger partial charge in [0.15, 0.2) is 0 Å². The molecule has 0 bridgehead atoms. The summed E-state index contributed by atoms with van der Waals surface area (Å²) in [6, 6.07) is 6.77. The fourth-order valence-corrected chi connectivity index (χ4v) is 2.14. The van der Waals surface area contributed by atoms with E-state index in [-0.39, 0.29) is 18.5 Å². The molecule has 1 aliphatic heterocycles. The number of rotatable bonds is 4. The van der Waals surface area contributed by atoms with Gasteiger partial charge in [-0.2, -0.15) is 0 Å². The van der Waals surface area contributed by atoms with Crippen LogP contribution in [-0.4, -0.2) is 48.5 Å². The van der Waals surface area contributed by atoms with Gasteiger partial charge >= 0.3 is 0 Å². The molecule has 3 nitrogen and oxygen atoms in total. The number of ether oxygens (including phenoxy) is 1. The first kappa shape index (κ1) is 14.2. The Balaban J connectivity index is 1.88. The molecule has 0 amide bonds. The first-order valence-electron chi connectivity index (χ1n) is 6.57. The van der Waals surface area contributed by atoms with Crippen LogP contribution in [0.2, 0.25) is 0 Å². The zero-order chi connectivity index (χ0) is 13.7. The van der Waals surface area contributed by atoms with Crippen molar-refractivity contribution < 1.29 is 14.2 Å². The smallest absolute Gasteiger partial charge is 0.123 e. The van der Waals surface area contributed by atoms with E-state index in [0.29, 0.717) is 12.6 Å². The molecule has 1 N–H and O–H groups in total. The standard InChI is InChI=1S/C15H20FNO2/c1-12-11-19-15(10-18)9-17(12)8-2-3-13-4-6-14(16)7-5-13/h2-7,12,15,18H,8-11H2,1H3. The number of hydrogen-bond acceptors (Lipinski definition) is 3. The molecule has 0 saturated carbocycles. The summed E-state index contributed by atoms with van der Waals surface area (Å²) in [7, 11) is 0. The van der Waals surface area contributed by atoms with Gasteiger partial charge in [-0.25, -0.2) is 4.39 Å². The van der Waals surface area contributed by atoms with Crippen molar-refractivity contribution in [1.29, 1.82) is 0 Å². The van der Waals surface area contributed by atoms with Gasteiger partial charge in [-0.05, 0) is 24.6 Å². The highest BCUT2D eigenvalue weighted by molar-refractivity contribution is 5.48. The Kier molecular flexibility index (Phi) is 5.07. The van der Waals surface area contributed by atoms with E-state index < -0.39 is 0 Å². The molecular formula is C15H20FNO2. The molecule has 1 aromatic carbocycles. The van der Waals surface area contributed by atoms with Crippen LogP contribution in [0.15, 0.2) is 30.3 Å². The number of morpholine rings is 1. The molecule has 4 heteroatoms. The molecule has 0 aromatic heterocycles. The van der Waals surface area contributed by atoms with Gasteiger partial charge in [-0.15, -0.1) is 0 Å². The molecule has 1 aromatic rings. The molecule has 1 saturated heterocycles. The largest absolute Gasteiger partial charge is 0.394 e. The number of nitrogens with zero attached hydrogens (tertiary/aromatic N) is 1. The third kappa shape index (κ3) is 4.13. The van der Waals surface area contributed by atoms with E-state index in [1.807, 2.05) is 6.08 Å². The summed E-state index contributed by atoms with van der Waals surface area (Å²) >= 11 is 0. The third-order valence-electron chi connectivity index (χ3n) is 3.36. The van der Waals surface area contributed by atoms with Gasteiger partial charge in [0, 0.05) is 19.1 Å². The lowest BCUT2D eigenvalue weighted by atomic mass is 10.1. The Labute approximate surface area is 113 Å². The predicted molar refractivity (Wildman–Crippen MR) is 73.3 cm³/mol. The van der Waals surface area contributed by atoms with Crippen molar-refractivity contribution >= 4 is 6.08 Å². The average Bonchev–Trinajstić information content (AvgIpc) is 2.43. The lowest BCUT2D eigenvalue weighted by Gasteiger charge is -2.36. The third-order valence-corrected chi connectivity index (χ3v) is 3.36. The molecule has 0 radical (unpaired) electrons. The quantitative estimate of drug-likeness (QED) is 0.903. The molecule has 1 heterocycles. The Morgan fingerprint density at radius 3 is 2.84 bits per heavy atom. The average molecular weight is 265 g/mol. The van der Waals surface area contributed by atoms with Crippen LogP contribution < -0.4 is 0 Å². The molecule has 1 fully saturated rings. The highest BCUT2D eigenvalue weighted by Gasteiger charge is 2.24. The number of hydrogen-bond donors (Lipinski definition) is 1. The summed E-state index contributed by atoms with van der Waals surface area (Å²) in [4.78, 5) is 2.27. The number of halogens is 1. The molecule has 19 heavy (non-hydrogen) atoms. The highest BCUT2D eigenvalue weighted by atomic mass is 19.1. The van der Waals surface area contributed by atoms with Gasteiger partial charge < -0.3 is 9.84 Å². The maximum atomic E-state index is 12.8. The Morgan fingerprint density at radius 2 is 2.16 bits per heavy atom. The lowest BCUT2D eigenvalue weighted by Crippen LogP contribution is -2.49. The molecule has 2 unspecified atom stereocenters. The van der Waals surface area contributed by atoms with Crippen molar-refractivity contribution in [2.24, 2.45) is 0 Å². The predicted octanol–water partition coefficient (Wildman–Crippen LogP) is 1.92. The van der Waals surface area contributed by atoms with E-state index in [9.17, 15) is 4.39 Å². The maximum absolute atomic E-state index is 12.8. The minimum Gasteiger partial charge on any atom is -0.394 e. The second-order valence-electron chi connectivity index (χ2n) is 4.89. The summed E-state index contributed by atoms with van der Waals surface area (Å²) in [5, 5.41) is 9.12. The van der Waals surface area contributed by atoms with Crippen molar-refractivity contribution in [2.75, 3.05) is 26.3 Å². The lowest BCUT2D eigenvalue weighted by molar-refractivity contribution is -0.0741. The maximum Gasteiger partial charge on any atom is 0.123 e. The SMILES string of the molecule is CC1COC(CO)CN1CC=Cc1ccc(F)cc1. The van der Waals surface area contributed by atoms with Gasteiger partial charge in [0.2, 0.25) is 0 Å². The minimum atomic E-state index is -0.218. The normalized spacial score (nSPS) is 25.0. The molecule has 0 spiro atoms. The highest BCUT2D eigenvalue weighted by Crippen LogP contribution is 2.12. The van der Waals surface area contributed by atoms with Crippen molar-refractivity contribution in [2.45, 2.75) is 19.1 Å². The van der Waals surface area contributed by atoms with Crippen molar-refractivity contribution in [1.82, 2.24) is 4.90 Å². The van der Waals surface area contributed by atoms with Gasteiger partial charge in [-0.1, -0.05) is 24.3 Å². The van der Waals surface area contributed by atoms with Crippen molar-refractivity contribution in [3.8, 4) is 0 Å². The fraction of sp³-hybridized carbons (Fsp3) is 0.467. The van der Waals surface area contributed by atoms with E-state index in [4.69, 9.17) is 9.84 Å². The van der Waals surface area contributed by atoms with E-state index >= 15 is 0 Å². The Hall–Kier alpha value is -1.23. The summed E-state index contributed by atoms with van der Waals surface area (Å²) in [5.41, 5.74) is 0.987. The molecule has 2 rings (SSSR count). The van der Waals surface area contributed by atoms with Crippen molar-refractivity contribution in [3.63, 3.8) is 0 Å². The van der Waals surface area contributed by atoms with Crippen LogP contribution in [0.1, 0.15) is 12.5 Å². The first-order chi connectivity index (χ1) is 9.19. The van der Waals surface area contributed by atoms with E-state index in [0.717, 1.165) is 18.7 Å². The summed E-state index contributed by atoms with van der Waals surface area (Å²) in [6.07, 6.45) is 3.95.